The van der Waals surface area contributed by atoms with Gasteiger partial charge in [0.1, 0.15) is 0 Å². The topological polar surface area (TPSA) is 75.6 Å². The van der Waals surface area contributed by atoms with Gasteiger partial charge in [-0.05, 0) is 18.8 Å². The largest absolute Gasteiger partial charge is 0.481 e. The molecule has 0 aromatic carbocycles. The third kappa shape index (κ3) is 5.49. The molecule has 2 N–H and O–H groups in total. The Balaban J connectivity index is 2.30. The van der Waals surface area contributed by atoms with E-state index in [-0.39, 0.29) is 12.3 Å². The van der Waals surface area contributed by atoms with Crippen molar-refractivity contribution in [2.45, 2.75) is 52.4 Å². The van der Waals surface area contributed by atoms with Crippen LogP contribution >= 0.6 is 0 Å². The summed E-state index contributed by atoms with van der Waals surface area (Å²) < 4.78 is 5.38. The zero-order valence-electron chi connectivity index (χ0n) is 12.6. The van der Waals surface area contributed by atoms with Gasteiger partial charge in [-0.2, -0.15) is 0 Å². The van der Waals surface area contributed by atoms with Crippen LogP contribution in [0.2, 0.25) is 0 Å². The van der Waals surface area contributed by atoms with Gasteiger partial charge >= 0.3 is 5.97 Å². The molecule has 0 bridgehead atoms. The predicted molar refractivity (Wildman–Crippen MR) is 76.4 cm³/mol. The molecule has 5 heteroatoms. The van der Waals surface area contributed by atoms with Crippen LogP contribution in [0.1, 0.15) is 52.4 Å². The highest BCUT2D eigenvalue weighted by Gasteiger charge is 2.41. The summed E-state index contributed by atoms with van der Waals surface area (Å²) in [4.78, 5) is 23.3. The fraction of sp³-hybridized carbons (Fsp3) is 0.867. The first kappa shape index (κ1) is 17.0. The molecule has 1 aliphatic rings. The van der Waals surface area contributed by atoms with E-state index in [0.29, 0.717) is 38.5 Å². The molecule has 1 saturated carbocycles. The van der Waals surface area contributed by atoms with E-state index in [0.717, 1.165) is 19.3 Å². The lowest BCUT2D eigenvalue weighted by Crippen LogP contribution is -2.39. The summed E-state index contributed by atoms with van der Waals surface area (Å²) >= 11 is 0. The SMILES string of the molecule is CC(C)COCCNC(=O)CC1(C(=O)O)CCCCC1. The molecule has 0 unspecified atom stereocenters. The van der Waals surface area contributed by atoms with Gasteiger partial charge in [-0.3, -0.25) is 9.59 Å². The second-order valence-electron chi connectivity index (χ2n) is 6.14. The minimum absolute atomic E-state index is 0.0898. The van der Waals surface area contributed by atoms with Crippen molar-refractivity contribution in [2.24, 2.45) is 11.3 Å². The Labute approximate surface area is 121 Å². The molecular formula is C15H27NO4. The Morgan fingerprint density at radius 3 is 2.45 bits per heavy atom. The Morgan fingerprint density at radius 1 is 1.25 bits per heavy atom. The van der Waals surface area contributed by atoms with Crippen LogP contribution in [0, 0.1) is 11.3 Å². The third-order valence-electron chi connectivity index (χ3n) is 3.78. The second-order valence-corrected chi connectivity index (χ2v) is 6.14. The lowest BCUT2D eigenvalue weighted by molar-refractivity contribution is -0.154. The van der Waals surface area contributed by atoms with Crippen LogP contribution in [-0.4, -0.2) is 36.7 Å². The maximum atomic E-state index is 11.9. The fourth-order valence-corrected chi connectivity index (χ4v) is 2.65. The second kappa shape index (κ2) is 8.25. The molecule has 0 radical (unpaired) electrons. The normalized spacial score (nSPS) is 17.9. The molecule has 0 spiro atoms. The van der Waals surface area contributed by atoms with Crippen molar-refractivity contribution in [3.63, 3.8) is 0 Å². The van der Waals surface area contributed by atoms with Gasteiger partial charge in [0.25, 0.3) is 0 Å². The van der Waals surface area contributed by atoms with E-state index < -0.39 is 11.4 Å². The molecule has 1 aliphatic carbocycles. The quantitative estimate of drug-likeness (QED) is 0.670. The van der Waals surface area contributed by atoms with Crippen molar-refractivity contribution >= 4 is 11.9 Å². The zero-order valence-corrected chi connectivity index (χ0v) is 12.6. The van der Waals surface area contributed by atoms with Crippen LogP contribution in [-0.2, 0) is 14.3 Å². The summed E-state index contributed by atoms with van der Waals surface area (Å²) in [5, 5.41) is 12.2. The predicted octanol–water partition coefficient (Wildman–Crippen LogP) is 2.20. The van der Waals surface area contributed by atoms with E-state index >= 15 is 0 Å². The highest BCUT2D eigenvalue weighted by atomic mass is 16.5. The van der Waals surface area contributed by atoms with E-state index in [1.807, 2.05) is 0 Å². The van der Waals surface area contributed by atoms with Gasteiger partial charge < -0.3 is 15.2 Å². The number of hydrogen-bond acceptors (Lipinski definition) is 3. The average Bonchev–Trinajstić information content (AvgIpc) is 2.38. The smallest absolute Gasteiger partial charge is 0.310 e. The van der Waals surface area contributed by atoms with Gasteiger partial charge in [-0.15, -0.1) is 0 Å². The molecule has 1 amide bonds. The minimum atomic E-state index is -0.846. The number of amides is 1. The zero-order chi connectivity index (χ0) is 15.0. The van der Waals surface area contributed by atoms with E-state index in [1.54, 1.807) is 0 Å². The highest BCUT2D eigenvalue weighted by Crippen LogP contribution is 2.39. The first-order valence-electron chi connectivity index (χ1n) is 7.54. The molecule has 1 fully saturated rings. The molecule has 0 aromatic rings. The number of aliphatic carboxylic acids is 1. The van der Waals surface area contributed by atoms with Crippen molar-refractivity contribution < 1.29 is 19.4 Å². The van der Waals surface area contributed by atoms with E-state index in [9.17, 15) is 14.7 Å². The Kier molecular flexibility index (Phi) is 6.99. The van der Waals surface area contributed by atoms with Gasteiger partial charge in [-0.25, -0.2) is 0 Å². The Morgan fingerprint density at radius 2 is 1.90 bits per heavy atom. The van der Waals surface area contributed by atoms with Gasteiger partial charge in [0.2, 0.25) is 5.91 Å². The summed E-state index contributed by atoms with van der Waals surface area (Å²) in [6, 6.07) is 0. The van der Waals surface area contributed by atoms with Crippen LogP contribution in [0.3, 0.4) is 0 Å². The van der Waals surface area contributed by atoms with Crippen molar-refractivity contribution in [2.75, 3.05) is 19.8 Å². The summed E-state index contributed by atoms with van der Waals surface area (Å²) in [6.07, 6.45) is 4.18. The van der Waals surface area contributed by atoms with Crippen molar-refractivity contribution in [3.8, 4) is 0 Å². The van der Waals surface area contributed by atoms with E-state index in [2.05, 4.69) is 19.2 Å². The molecule has 1 rings (SSSR count). The average molecular weight is 285 g/mol. The number of rotatable bonds is 8. The summed E-state index contributed by atoms with van der Waals surface area (Å²) in [7, 11) is 0. The van der Waals surface area contributed by atoms with Gasteiger partial charge in [0, 0.05) is 19.6 Å². The van der Waals surface area contributed by atoms with Gasteiger partial charge in [0.05, 0.1) is 12.0 Å². The standard InChI is InChI=1S/C15H27NO4/c1-12(2)11-20-9-8-16-13(17)10-15(14(18)19)6-4-3-5-7-15/h12H,3-11H2,1-2H3,(H,16,17)(H,18,19). The number of nitrogens with one attached hydrogen (secondary N) is 1. The van der Waals surface area contributed by atoms with Crippen molar-refractivity contribution in [3.05, 3.63) is 0 Å². The van der Waals surface area contributed by atoms with Crippen molar-refractivity contribution in [1.29, 1.82) is 0 Å². The number of ether oxygens (including phenoxy) is 1. The molecule has 0 aliphatic heterocycles. The van der Waals surface area contributed by atoms with E-state index in [1.165, 1.54) is 0 Å². The number of hydrogen-bond donors (Lipinski definition) is 2. The van der Waals surface area contributed by atoms with Gasteiger partial charge in [0.15, 0.2) is 0 Å². The van der Waals surface area contributed by atoms with Crippen molar-refractivity contribution in [1.82, 2.24) is 5.32 Å². The first-order chi connectivity index (χ1) is 9.46. The third-order valence-corrected chi connectivity index (χ3v) is 3.78. The molecule has 0 heterocycles. The molecule has 5 nitrogen and oxygen atoms in total. The summed E-state index contributed by atoms with van der Waals surface area (Å²) in [5.74, 6) is -0.533. The molecule has 0 atom stereocenters. The lowest BCUT2D eigenvalue weighted by Gasteiger charge is -2.32. The highest BCUT2D eigenvalue weighted by molar-refractivity contribution is 5.85. The molecule has 116 valence electrons. The maximum absolute atomic E-state index is 11.9. The van der Waals surface area contributed by atoms with Crippen LogP contribution in [0.25, 0.3) is 0 Å². The van der Waals surface area contributed by atoms with Crippen LogP contribution < -0.4 is 5.32 Å². The van der Waals surface area contributed by atoms with Gasteiger partial charge in [-0.1, -0.05) is 33.1 Å². The number of carbonyl (C=O) groups excluding carboxylic acids is 1. The van der Waals surface area contributed by atoms with Crippen LogP contribution in [0.15, 0.2) is 0 Å². The fourth-order valence-electron chi connectivity index (χ4n) is 2.65. The Bertz CT molecular complexity index is 322. The first-order valence-corrected chi connectivity index (χ1v) is 7.54. The molecule has 20 heavy (non-hydrogen) atoms. The Hall–Kier alpha value is -1.10. The lowest BCUT2D eigenvalue weighted by atomic mass is 9.71. The van der Waals surface area contributed by atoms with E-state index in [4.69, 9.17) is 4.74 Å². The number of carbonyl (C=O) groups is 2. The van der Waals surface area contributed by atoms with Crippen LogP contribution in [0.5, 0.6) is 0 Å². The summed E-state index contributed by atoms with van der Waals surface area (Å²) in [6.45, 7) is 5.73. The molecular weight excluding hydrogens is 258 g/mol. The monoisotopic (exact) mass is 285 g/mol. The van der Waals surface area contributed by atoms with Crippen LogP contribution in [0.4, 0.5) is 0 Å². The maximum Gasteiger partial charge on any atom is 0.310 e. The number of carboxylic acids is 1. The molecule has 0 saturated heterocycles. The number of carboxylic acid groups (broad SMARTS) is 1. The minimum Gasteiger partial charge on any atom is -0.481 e. The summed E-state index contributed by atoms with van der Waals surface area (Å²) in [5.41, 5.74) is -0.846. The molecule has 0 aromatic heterocycles.